The minimum atomic E-state index is -0.495. The summed E-state index contributed by atoms with van der Waals surface area (Å²) in [6, 6.07) is 1.81. The van der Waals surface area contributed by atoms with Crippen molar-refractivity contribution in [3.63, 3.8) is 0 Å². The van der Waals surface area contributed by atoms with Crippen molar-refractivity contribution in [1.82, 2.24) is 19.9 Å². The molecule has 0 spiro atoms. The number of rotatable bonds is 3. The van der Waals surface area contributed by atoms with E-state index < -0.39 is 11.2 Å². The molecule has 7 heteroatoms. The molecule has 2 fully saturated rings. The van der Waals surface area contributed by atoms with Crippen molar-refractivity contribution in [2.75, 3.05) is 0 Å². The highest BCUT2D eigenvalue weighted by molar-refractivity contribution is 5.96. The summed E-state index contributed by atoms with van der Waals surface area (Å²) in [4.78, 5) is 43.4. The van der Waals surface area contributed by atoms with Crippen molar-refractivity contribution in [2.45, 2.75) is 57.5 Å². The number of aromatic amines is 1. The van der Waals surface area contributed by atoms with Crippen LogP contribution in [0.2, 0.25) is 0 Å². The summed E-state index contributed by atoms with van der Waals surface area (Å²) in [5, 5.41) is 3.34. The van der Waals surface area contributed by atoms with Crippen LogP contribution in [0.1, 0.15) is 61.8 Å². The second-order valence-corrected chi connectivity index (χ2v) is 7.40. The van der Waals surface area contributed by atoms with Gasteiger partial charge < -0.3 is 5.32 Å². The van der Waals surface area contributed by atoms with Gasteiger partial charge in [-0.15, -0.1) is 0 Å². The van der Waals surface area contributed by atoms with Crippen molar-refractivity contribution in [1.29, 1.82) is 0 Å². The van der Waals surface area contributed by atoms with Crippen molar-refractivity contribution in [3.05, 3.63) is 38.7 Å². The van der Waals surface area contributed by atoms with Gasteiger partial charge in [-0.3, -0.25) is 19.1 Å². The first-order valence-corrected chi connectivity index (χ1v) is 8.98. The first-order valence-electron chi connectivity index (χ1n) is 8.98. The summed E-state index contributed by atoms with van der Waals surface area (Å²) in [5.41, 5.74) is -0.206. The van der Waals surface area contributed by atoms with Gasteiger partial charge in [0.2, 0.25) is 0 Å². The number of carbonyl (C=O) groups excluding carboxylic acids is 1. The number of amides is 1. The molecule has 2 aliphatic carbocycles. The Morgan fingerprint density at radius 3 is 2.80 bits per heavy atom. The van der Waals surface area contributed by atoms with E-state index in [-0.39, 0.29) is 23.4 Å². The summed E-state index contributed by atoms with van der Waals surface area (Å²) in [5.74, 6) is 0.404. The fourth-order valence-corrected chi connectivity index (χ4v) is 3.77. The number of aromatic nitrogens is 3. The Bertz CT molecular complexity index is 941. The van der Waals surface area contributed by atoms with Crippen LogP contribution < -0.4 is 16.6 Å². The lowest BCUT2D eigenvalue weighted by atomic mass is 9.87. The number of hydrogen-bond acceptors (Lipinski definition) is 4. The van der Waals surface area contributed by atoms with Crippen molar-refractivity contribution in [3.8, 4) is 0 Å². The third-order valence-electron chi connectivity index (χ3n) is 5.22. The zero-order valence-corrected chi connectivity index (χ0v) is 14.2. The first kappa shape index (κ1) is 16.1. The molecule has 2 aromatic rings. The van der Waals surface area contributed by atoms with Gasteiger partial charge in [-0.25, -0.2) is 9.78 Å². The van der Waals surface area contributed by atoms with Gasteiger partial charge in [0.15, 0.2) is 0 Å². The van der Waals surface area contributed by atoms with Gasteiger partial charge in [0.25, 0.3) is 11.5 Å². The number of nitrogens with one attached hydrogen (secondary N) is 2. The third-order valence-corrected chi connectivity index (χ3v) is 5.22. The fourth-order valence-electron chi connectivity index (χ4n) is 3.77. The number of pyridine rings is 1. The molecule has 0 aromatic carbocycles. The Hall–Kier alpha value is -2.44. The molecule has 0 radical (unpaired) electrons. The molecule has 132 valence electrons. The van der Waals surface area contributed by atoms with Crippen LogP contribution in [-0.4, -0.2) is 26.5 Å². The summed E-state index contributed by atoms with van der Waals surface area (Å²) >= 11 is 0. The number of H-pyrrole nitrogens is 1. The summed E-state index contributed by atoms with van der Waals surface area (Å²) in [6.07, 6.45) is 7.57. The molecule has 1 amide bonds. The molecule has 0 saturated heterocycles. The van der Waals surface area contributed by atoms with Crippen LogP contribution in [0.15, 0.2) is 21.9 Å². The molecule has 2 aromatic heterocycles. The molecule has 2 atom stereocenters. The number of fused-ring (bicyclic) bond motifs is 1. The Kier molecular flexibility index (Phi) is 3.94. The van der Waals surface area contributed by atoms with E-state index in [4.69, 9.17) is 0 Å². The van der Waals surface area contributed by atoms with E-state index >= 15 is 0 Å². The highest BCUT2D eigenvalue weighted by Gasteiger charge is 2.28. The summed E-state index contributed by atoms with van der Waals surface area (Å²) in [7, 11) is 0. The fraction of sp³-hybridized carbons (Fsp3) is 0.556. The van der Waals surface area contributed by atoms with E-state index in [1.807, 2.05) is 0 Å². The van der Waals surface area contributed by atoms with Crippen LogP contribution >= 0.6 is 0 Å². The predicted octanol–water partition coefficient (Wildman–Crippen LogP) is 1.73. The highest BCUT2D eigenvalue weighted by Crippen LogP contribution is 2.34. The van der Waals surface area contributed by atoms with Crippen LogP contribution in [0.25, 0.3) is 11.0 Å². The molecule has 2 N–H and O–H groups in total. The molecule has 0 bridgehead atoms. The van der Waals surface area contributed by atoms with Crippen LogP contribution in [-0.2, 0) is 0 Å². The Labute approximate surface area is 144 Å². The molecular formula is C18H22N4O3. The molecule has 2 saturated carbocycles. The Morgan fingerprint density at radius 2 is 2.08 bits per heavy atom. The number of nitrogens with zero attached hydrogens (tertiary/aromatic N) is 2. The highest BCUT2D eigenvalue weighted by atomic mass is 16.2. The molecule has 2 aliphatic rings. The van der Waals surface area contributed by atoms with Gasteiger partial charge >= 0.3 is 5.69 Å². The standard InChI is InChI=1S/C18H22N4O3/c1-10-3-2-4-12(7-10)20-16(23)11-8-14-15(19-9-11)22(13-5-6-13)18(25)21-17(14)24/h8-10,12-13H,2-7H2,1H3,(H,20,23)(H,21,24,25)/t10-,12-/m0/s1. The minimum absolute atomic E-state index is 0.0998. The summed E-state index contributed by atoms with van der Waals surface area (Å²) in [6.45, 7) is 2.20. The van der Waals surface area contributed by atoms with E-state index in [2.05, 4.69) is 22.2 Å². The van der Waals surface area contributed by atoms with Crippen LogP contribution in [0, 0.1) is 5.92 Å². The second-order valence-electron chi connectivity index (χ2n) is 7.40. The van der Waals surface area contributed by atoms with Gasteiger partial charge in [0.05, 0.1) is 10.9 Å². The van der Waals surface area contributed by atoms with E-state index in [1.54, 1.807) is 6.07 Å². The molecule has 0 aliphatic heterocycles. The monoisotopic (exact) mass is 342 g/mol. The zero-order valence-electron chi connectivity index (χ0n) is 14.2. The molecule has 2 heterocycles. The van der Waals surface area contributed by atoms with E-state index in [0.717, 1.165) is 32.1 Å². The zero-order chi connectivity index (χ0) is 17.6. The van der Waals surface area contributed by atoms with Crippen LogP contribution in [0.5, 0.6) is 0 Å². The van der Waals surface area contributed by atoms with E-state index in [0.29, 0.717) is 17.1 Å². The average Bonchev–Trinajstić information content (AvgIpc) is 3.39. The largest absolute Gasteiger partial charge is 0.349 e. The maximum Gasteiger partial charge on any atom is 0.330 e. The molecule has 7 nitrogen and oxygen atoms in total. The lowest BCUT2D eigenvalue weighted by Gasteiger charge is -2.27. The molecular weight excluding hydrogens is 320 g/mol. The van der Waals surface area contributed by atoms with Gasteiger partial charge in [-0.2, -0.15) is 0 Å². The molecule has 4 rings (SSSR count). The van der Waals surface area contributed by atoms with Gasteiger partial charge in [0.1, 0.15) is 5.65 Å². The second kappa shape index (κ2) is 6.13. The van der Waals surface area contributed by atoms with Crippen LogP contribution in [0.4, 0.5) is 0 Å². The topological polar surface area (TPSA) is 96.8 Å². The normalized spacial score (nSPS) is 23.6. The maximum atomic E-state index is 12.5. The van der Waals surface area contributed by atoms with Crippen molar-refractivity contribution >= 4 is 16.9 Å². The number of carbonyl (C=O) groups is 1. The lowest BCUT2D eigenvalue weighted by molar-refractivity contribution is 0.0921. The van der Waals surface area contributed by atoms with Gasteiger partial charge in [-0.1, -0.05) is 19.8 Å². The maximum absolute atomic E-state index is 12.5. The number of hydrogen-bond donors (Lipinski definition) is 2. The Balaban J connectivity index is 1.66. The third kappa shape index (κ3) is 3.10. The molecule has 25 heavy (non-hydrogen) atoms. The van der Waals surface area contributed by atoms with Crippen LogP contribution in [0.3, 0.4) is 0 Å². The van der Waals surface area contributed by atoms with Crippen molar-refractivity contribution < 1.29 is 4.79 Å². The Morgan fingerprint density at radius 1 is 1.28 bits per heavy atom. The van der Waals surface area contributed by atoms with Gasteiger partial charge in [0, 0.05) is 18.3 Å². The lowest BCUT2D eigenvalue weighted by Crippen LogP contribution is -2.38. The summed E-state index contributed by atoms with van der Waals surface area (Å²) < 4.78 is 1.53. The predicted molar refractivity (Wildman–Crippen MR) is 93.8 cm³/mol. The quantitative estimate of drug-likeness (QED) is 0.888. The SMILES string of the molecule is C[C@H]1CCC[C@H](NC(=O)c2cnc3c(c2)c(=O)[nH]c(=O)n3C2CC2)C1. The van der Waals surface area contributed by atoms with E-state index in [1.165, 1.54) is 17.2 Å². The molecule has 0 unspecified atom stereocenters. The van der Waals surface area contributed by atoms with Gasteiger partial charge in [-0.05, 0) is 37.7 Å². The first-order chi connectivity index (χ1) is 12.0. The minimum Gasteiger partial charge on any atom is -0.349 e. The van der Waals surface area contributed by atoms with Crippen molar-refractivity contribution in [2.24, 2.45) is 5.92 Å². The average molecular weight is 342 g/mol. The van der Waals surface area contributed by atoms with E-state index in [9.17, 15) is 14.4 Å². The smallest absolute Gasteiger partial charge is 0.330 e.